The highest BCUT2D eigenvalue weighted by atomic mass is 16.5. The van der Waals surface area contributed by atoms with E-state index in [1.165, 1.54) is 0 Å². The van der Waals surface area contributed by atoms with Crippen molar-refractivity contribution in [3.05, 3.63) is 66.6 Å². The van der Waals surface area contributed by atoms with Crippen LogP contribution in [0.5, 0.6) is 5.75 Å². The van der Waals surface area contributed by atoms with Gasteiger partial charge in [0.2, 0.25) is 0 Å². The first-order valence-corrected chi connectivity index (χ1v) is 7.44. The molecule has 0 fully saturated rings. The number of rotatable bonds is 8. The van der Waals surface area contributed by atoms with Crippen molar-refractivity contribution in [1.82, 2.24) is 10.2 Å². The Morgan fingerprint density at radius 2 is 2.13 bits per heavy atom. The number of carbonyl (C=O) groups is 1. The summed E-state index contributed by atoms with van der Waals surface area (Å²) in [5.41, 5.74) is 0.506. The van der Waals surface area contributed by atoms with Gasteiger partial charge in [0.05, 0.1) is 17.9 Å². The first-order chi connectivity index (χ1) is 11.1. The predicted octanol–water partition coefficient (Wildman–Crippen LogP) is 2.88. The minimum Gasteiger partial charge on any atom is -0.489 e. The summed E-state index contributed by atoms with van der Waals surface area (Å²) in [6.45, 7) is 4.41. The van der Waals surface area contributed by atoms with Crippen molar-refractivity contribution in [2.75, 3.05) is 27.2 Å². The molecule has 23 heavy (non-hydrogen) atoms. The van der Waals surface area contributed by atoms with Crippen LogP contribution in [0.25, 0.3) is 0 Å². The zero-order chi connectivity index (χ0) is 16.7. The van der Waals surface area contributed by atoms with Crippen molar-refractivity contribution in [3.63, 3.8) is 0 Å². The Bertz CT molecular complexity index is 635. The summed E-state index contributed by atoms with van der Waals surface area (Å²) >= 11 is 0. The maximum absolute atomic E-state index is 12.5. The van der Waals surface area contributed by atoms with Crippen molar-refractivity contribution >= 4 is 5.91 Å². The van der Waals surface area contributed by atoms with Crippen LogP contribution >= 0.6 is 0 Å². The first-order valence-electron chi connectivity index (χ1n) is 7.44. The van der Waals surface area contributed by atoms with E-state index in [1.54, 1.807) is 24.5 Å². The van der Waals surface area contributed by atoms with Crippen LogP contribution in [0.4, 0.5) is 0 Å². The fraction of sp³-hybridized carbons (Fsp3) is 0.278. The second-order valence-electron chi connectivity index (χ2n) is 5.30. The van der Waals surface area contributed by atoms with Gasteiger partial charge in [-0.1, -0.05) is 24.8 Å². The highest BCUT2D eigenvalue weighted by Gasteiger charge is 2.19. The Hall–Kier alpha value is -2.53. The fourth-order valence-electron chi connectivity index (χ4n) is 2.23. The van der Waals surface area contributed by atoms with Gasteiger partial charge in [-0.2, -0.15) is 0 Å². The quantitative estimate of drug-likeness (QED) is 0.761. The Morgan fingerprint density at radius 3 is 2.78 bits per heavy atom. The molecule has 1 unspecified atom stereocenters. The van der Waals surface area contributed by atoms with Crippen LogP contribution in [-0.4, -0.2) is 38.1 Å². The van der Waals surface area contributed by atoms with Crippen LogP contribution < -0.4 is 10.1 Å². The van der Waals surface area contributed by atoms with Crippen LogP contribution in [0.15, 0.2) is 59.7 Å². The largest absolute Gasteiger partial charge is 0.489 e. The predicted molar refractivity (Wildman–Crippen MR) is 89.6 cm³/mol. The van der Waals surface area contributed by atoms with E-state index >= 15 is 0 Å². The Kier molecular flexibility index (Phi) is 6.00. The molecule has 1 amide bonds. The molecule has 5 heteroatoms. The van der Waals surface area contributed by atoms with E-state index in [9.17, 15) is 4.79 Å². The number of nitrogens with one attached hydrogen (secondary N) is 1. The summed E-state index contributed by atoms with van der Waals surface area (Å²) < 4.78 is 11.0. The molecule has 0 aliphatic rings. The van der Waals surface area contributed by atoms with Crippen LogP contribution in [-0.2, 0) is 0 Å². The number of para-hydroxylation sites is 1. The molecule has 122 valence electrons. The van der Waals surface area contributed by atoms with E-state index in [-0.39, 0.29) is 11.9 Å². The number of nitrogens with zero attached hydrogens (tertiary/aromatic N) is 1. The number of furan rings is 1. The molecule has 1 N–H and O–H groups in total. The van der Waals surface area contributed by atoms with E-state index in [0.29, 0.717) is 24.5 Å². The Balaban J connectivity index is 2.05. The van der Waals surface area contributed by atoms with Gasteiger partial charge in [-0.05, 0) is 38.4 Å². The molecule has 0 aliphatic carbocycles. The van der Waals surface area contributed by atoms with Crippen molar-refractivity contribution < 1.29 is 13.9 Å². The number of amides is 1. The lowest BCUT2D eigenvalue weighted by Gasteiger charge is -2.22. The van der Waals surface area contributed by atoms with Gasteiger partial charge in [0.1, 0.15) is 18.1 Å². The van der Waals surface area contributed by atoms with Crippen molar-refractivity contribution in [1.29, 1.82) is 0 Å². The SMILES string of the molecule is C=CCOc1ccccc1C(=O)NCC(c1ccco1)N(C)C. The van der Waals surface area contributed by atoms with Crippen LogP contribution in [0.3, 0.4) is 0 Å². The monoisotopic (exact) mass is 314 g/mol. The lowest BCUT2D eigenvalue weighted by atomic mass is 10.1. The molecule has 0 spiro atoms. The molecule has 2 aromatic rings. The highest BCUT2D eigenvalue weighted by Crippen LogP contribution is 2.20. The normalized spacial score (nSPS) is 12.0. The number of likely N-dealkylation sites (N-methyl/N-ethyl adjacent to an activating group) is 1. The summed E-state index contributed by atoms with van der Waals surface area (Å²) in [5.74, 6) is 1.18. The van der Waals surface area contributed by atoms with E-state index in [4.69, 9.17) is 9.15 Å². The van der Waals surface area contributed by atoms with Crippen molar-refractivity contribution in [2.45, 2.75) is 6.04 Å². The van der Waals surface area contributed by atoms with Crippen LogP contribution in [0.2, 0.25) is 0 Å². The minimum absolute atomic E-state index is 0.0322. The molecule has 1 heterocycles. The summed E-state index contributed by atoms with van der Waals surface area (Å²) in [4.78, 5) is 14.5. The smallest absolute Gasteiger partial charge is 0.255 e. The standard InChI is InChI=1S/C18H22N2O3/c1-4-11-22-16-9-6-5-8-14(16)18(21)19-13-15(20(2)3)17-10-7-12-23-17/h4-10,12,15H,1,11,13H2,2-3H3,(H,19,21). The molecule has 0 radical (unpaired) electrons. The lowest BCUT2D eigenvalue weighted by Crippen LogP contribution is -2.34. The van der Waals surface area contributed by atoms with E-state index in [1.807, 2.05) is 43.3 Å². The molecule has 0 aliphatic heterocycles. The maximum atomic E-state index is 12.5. The van der Waals surface area contributed by atoms with Gasteiger partial charge in [0.25, 0.3) is 5.91 Å². The molecule has 0 bridgehead atoms. The van der Waals surface area contributed by atoms with Gasteiger partial charge < -0.3 is 14.5 Å². The number of ether oxygens (including phenoxy) is 1. The fourth-order valence-corrected chi connectivity index (χ4v) is 2.23. The van der Waals surface area contributed by atoms with E-state index in [0.717, 1.165) is 5.76 Å². The summed E-state index contributed by atoms with van der Waals surface area (Å²) in [6, 6.07) is 10.9. The van der Waals surface area contributed by atoms with Crippen LogP contribution in [0, 0.1) is 0 Å². The minimum atomic E-state index is -0.178. The maximum Gasteiger partial charge on any atom is 0.255 e. The van der Waals surface area contributed by atoms with Gasteiger partial charge in [-0.3, -0.25) is 9.69 Å². The van der Waals surface area contributed by atoms with Crippen molar-refractivity contribution in [2.24, 2.45) is 0 Å². The van der Waals surface area contributed by atoms with Gasteiger partial charge in [0.15, 0.2) is 0 Å². The molecular weight excluding hydrogens is 292 g/mol. The second kappa shape index (κ2) is 8.19. The molecule has 1 aromatic carbocycles. The average molecular weight is 314 g/mol. The van der Waals surface area contributed by atoms with E-state index < -0.39 is 0 Å². The third kappa shape index (κ3) is 4.47. The van der Waals surface area contributed by atoms with Gasteiger partial charge >= 0.3 is 0 Å². The number of hydrogen-bond donors (Lipinski definition) is 1. The summed E-state index contributed by atoms with van der Waals surface area (Å²) in [7, 11) is 3.89. The molecule has 2 rings (SSSR count). The number of carbonyl (C=O) groups excluding carboxylic acids is 1. The topological polar surface area (TPSA) is 54.7 Å². The summed E-state index contributed by atoms with van der Waals surface area (Å²) in [6.07, 6.45) is 3.28. The van der Waals surface area contributed by atoms with E-state index in [2.05, 4.69) is 11.9 Å². The zero-order valence-corrected chi connectivity index (χ0v) is 13.5. The van der Waals surface area contributed by atoms with Gasteiger partial charge in [-0.15, -0.1) is 0 Å². The Labute approximate surface area is 136 Å². The third-order valence-corrected chi connectivity index (χ3v) is 3.44. The molecular formula is C18H22N2O3. The zero-order valence-electron chi connectivity index (χ0n) is 13.5. The second-order valence-corrected chi connectivity index (χ2v) is 5.30. The Morgan fingerprint density at radius 1 is 1.35 bits per heavy atom. The lowest BCUT2D eigenvalue weighted by molar-refractivity contribution is 0.0935. The molecule has 0 saturated carbocycles. The van der Waals surface area contributed by atoms with Gasteiger partial charge in [0, 0.05) is 6.54 Å². The average Bonchev–Trinajstić information content (AvgIpc) is 3.07. The number of benzene rings is 1. The third-order valence-electron chi connectivity index (χ3n) is 3.44. The summed E-state index contributed by atoms with van der Waals surface area (Å²) in [5, 5.41) is 2.94. The highest BCUT2D eigenvalue weighted by molar-refractivity contribution is 5.96. The van der Waals surface area contributed by atoms with Crippen LogP contribution in [0.1, 0.15) is 22.2 Å². The number of hydrogen-bond acceptors (Lipinski definition) is 4. The first kappa shape index (κ1) is 16.8. The van der Waals surface area contributed by atoms with Gasteiger partial charge in [-0.25, -0.2) is 0 Å². The van der Waals surface area contributed by atoms with Crippen molar-refractivity contribution in [3.8, 4) is 5.75 Å². The molecule has 5 nitrogen and oxygen atoms in total. The molecule has 0 saturated heterocycles. The molecule has 1 aromatic heterocycles. The molecule has 1 atom stereocenters.